The van der Waals surface area contributed by atoms with Crippen molar-refractivity contribution in [3.05, 3.63) is 28.3 Å². The zero-order valence-corrected chi connectivity index (χ0v) is 11.0. The van der Waals surface area contributed by atoms with E-state index in [-0.39, 0.29) is 11.1 Å². The fraction of sp³-hybridized carbons (Fsp3) is 0.214. The van der Waals surface area contributed by atoms with Gasteiger partial charge in [0.15, 0.2) is 23.1 Å². The first-order valence-corrected chi connectivity index (χ1v) is 5.99. The van der Waals surface area contributed by atoms with E-state index in [4.69, 9.17) is 5.11 Å². The van der Waals surface area contributed by atoms with Gasteiger partial charge in [-0.2, -0.15) is 0 Å². The zero-order valence-electron chi connectivity index (χ0n) is 11.0. The number of fused-ring (bicyclic) bond motifs is 1. The number of rotatable bonds is 3. The number of benzene rings is 1. The third-order valence-electron chi connectivity index (χ3n) is 3.19. The summed E-state index contributed by atoms with van der Waals surface area (Å²) in [7, 11) is 0. The highest BCUT2D eigenvalue weighted by Crippen LogP contribution is 2.45. The second kappa shape index (κ2) is 5.02. The summed E-state index contributed by atoms with van der Waals surface area (Å²) in [6.07, 6.45) is 0.409. The lowest BCUT2D eigenvalue weighted by Crippen LogP contribution is -2.20. The fourth-order valence-corrected chi connectivity index (χ4v) is 2.21. The van der Waals surface area contributed by atoms with E-state index in [0.29, 0.717) is 0 Å². The summed E-state index contributed by atoms with van der Waals surface area (Å²) in [6.45, 7) is 0.481. The van der Waals surface area contributed by atoms with Gasteiger partial charge in [-0.05, 0) is 13.0 Å². The molecule has 1 aliphatic rings. The first kappa shape index (κ1) is 14.7. The van der Waals surface area contributed by atoms with E-state index >= 15 is 0 Å². The lowest BCUT2D eigenvalue weighted by Gasteiger charge is -2.19. The molecule has 0 aromatic heterocycles. The van der Waals surface area contributed by atoms with Crippen molar-refractivity contribution in [2.75, 3.05) is 6.61 Å². The third kappa shape index (κ3) is 2.17. The van der Waals surface area contributed by atoms with Crippen molar-refractivity contribution in [1.29, 1.82) is 0 Å². The Balaban J connectivity index is 2.81. The lowest BCUT2D eigenvalue weighted by molar-refractivity contribution is -0.116. The Morgan fingerprint density at radius 2 is 1.67 bits per heavy atom. The maximum atomic E-state index is 12.1. The lowest BCUT2D eigenvalue weighted by atomic mass is 9.85. The van der Waals surface area contributed by atoms with Gasteiger partial charge in [0.25, 0.3) is 0 Å². The highest BCUT2D eigenvalue weighted by Gasteiger charge is 2.35. The molecule has 0 bridgehead atoms. The van der Waals surface area contributed by atoms with Gasteiger partial charge in [-0.1, -0.05) is 0 Å². The SMILES string of the molecule is CC(=O)Cc1c(O)c(O)c2c(c1O)C(=O)C(CO)=CC2=O. The number of ketones is 3. The van der Waals surface area contributed by atoms with Crippen LogP contribution in [-0.4, -0.2) is 44.4 Å². The summed E-state index contributed by atoms with van der Waals surface area (Å²) in [5.41, 5.74) is -1.64. The van der Waals surface area contributed by atoms with Crippen LogP contribution in [0.2, 0.25) is 0 Å². The van der Waals surface area contributed by atoms with Crippen LogP contribution in [0.1, 0.15) is 33.2 Å². The number of carbonyl (C=O) groups is 3. The molecule has 0 radical (unpaired) electrons. The van der Waals surface area contributed by atoms with Crippen LogP contribution in [0.4, 0.5) is 0 Å². The first-order chi connectivity index (χ1) is 9.79. The van der Waals surface area contributed by atoms with E-state index in [0.717, 1.165) is 6.08 Å². The summed E-state index contributed by atoms with van der Waals surface area (Å²) < 4.78 is 0. The molecule has 0 amide bonds. The van der Waals surface area contributed by atoms with Crippen LogP contribution in [0.25, 0.3) is 0 Å². The highest BCUT2D eigenvalue weighted by molar-refractivity contribution is 6.27. The normalized spacial score (nSPS) is 13.9. The molecule has 0 saturated carbocycles. The zero-order chi connectivity index (χ0) is 15.9. The van der Waals surface area contributed by atoms with Crippen molar-refractivity contribution >= 4 is 17.3 Å². The predicted molar refractivity (Wildman–Crippen MR) is 69.7 cm³/mol. The van der Waals surface area contributed by atoms with Crippen molar-refractivity contribution in [3.63, 3.8) is 0 Å². The fourth-order valence-electron chi connectivity index (χ4n) is 2.21. The number of aliphatic hydroxyl groups is 1. The minimum Gasteiger partial charge on any atom is -0.507 e. The van der Waals surface area contributed by atoms with E-state index in [9.17, 15) is 29.7 Å². The molecule has 2 rings (SSSR count). The molecule has 0 saturated heterocycles. The van der Waals surface area contributed by atoms with Gasteiger partial charge in [-0.15, -0.1) is 0 Å². The van der Waals surface area contributed by atoms with Crippen LogP contribution in [0.15, 0.2) is 11.6 Å². The number of aromatic hydroxyl groups is 3. The van der Waals surface area contributed by atoms with Gasteiger partial charge in [0.2, 0.25) is 0 Å². The average molecular weight is 292 g/mol. The molecule has 0 atom stereocenters. The summed E-state index contributed by atoms with van der Waals surface area (Å²) in [5.74, 6) is -4.52. The number of allylic oxidation sites excluding steroid dienone is 1. The van der Waals surface area contributed by atoms with Crippen LogP contribution in [-0.2, 0) is 11.2 Å². The molecule has 1 aromatic carbocycles. The molecular formula is C14H12O7. The molecule has 0 spiro atoms. The van der Waals surface area contributed by atoms with Crippen LogP contribution in [0, 0.1) is 0 Å². The topological polar surface area (TPSA) is 132 Å². The predicted octanol–water partition coefficient (Wildman–Crippen LogP) is 0.233. The highest BCUT2D eigenvalue weighted by atomic mass is 16.3. The summed E-state index contributed by atoms with van der Waals surface area (Å²) >= 11 is 0. The van der Waals surface area contributed by atoms with Gasteiger partial charge in [-0.3, -0.25) is 14.4 Å². The Labute approximate surface area is 118 Å². The molecule has 110 valence electrons. The van der Waals surface area contributed by atoms with Crippen molar-refractivity contribution in [1.82, 2.24) is 0 Å². The van der Waals surface area contributed by atoms with Crippen molar-refractivity contribution < 1.29 is 34.8 Å². The second-order valence-corrected chi connectivity index (χ2v) is 4.67. The van der Waals surface area contributed by atoms with Crippen LogP contribution in [0.5, 0.6) is 17.2 Å². The Hall–Kier alpha value is -2.67. The third-order valence-corrected chi connectivity index (χ3v) is 3.19. The minimum absolute atomic E-state index is 0.248. The van der Waals surface area contributed by atoms with E-state index in [2.05, 4.69) is 0 Å². The second-order valence-electron chi connectivity index (χ2n) is 4.67. The van der Waals surface area contributed by atoms with E-state index < -0.39 is 58.8 Å². The van der Waals surface area contributed by atoms with Crippen LogP contribution < -0.4 is 0 Å². The van der Waals surface area contributed by atoms with Gasteiger partial charge in [-0.25, -0.2) is 0 Å². The van der Waals surface area contributed by atoms with Gasteiger partial charge in [0, 0.05) is 17.6 Å². The number of aliphatic hydroxyl groups excluding tert-OH is 1. The molecule has 7 nitrogen and oxygen atoms in total. The molecule has 0 aliphatic heterocycles. The molecule has 0 heterocycles. The average Bonchev–Trinajstić information content (AvgIpc) is 2.42. The number of phenols is 3. The Kier molecular flexibility index (Phi) is 3.52. The van der Waals surface area contributed by atoms with E-state index in [1.54, 1.807) is 0 Å². The molecule has 0 unspecified atom stereocenters. The maximum Gasteiger partial charge on any atom is 0.196 e. The molecular weight excluding hydrogens is 280 g/mol. The van der Waals surface area contributed by atoms with E-state index in [1.165, 1.54) is 6.92 Å². The molecule has 21 heavy (non-hydrogen) atoms. The smallest absolute Gasteiger partial charge is 0.196 e. The molecule has 1 aliphatic carbocycles. The maximum absolute atomic E-state index is 12.1. The number of hydrogen-bond acceptors (Lipinski definition) is 7. The number of phenolic OH excluding ortho intramolecular Hbond substituents is 3. The largest absolute Gasteiger partial charge is 0.507 e. The van der Waals surface area contributed by atoms with Gasteiger partial charge in [0.05, 0.1) is 17.7 Å². The summed E-state index contributed by atoms with van der Waals surface area (Å²) in [6, 6.07) is 0. The monoisotopic (exact) mass is 292 g/mol. The van der Waals surface area contributed by atoms with Crippen molar-refractivity contribution in [2.24, 2.45) is 0 Å². The van der Waals surface area contributed by atoms with Crippen molar-refractivity contribution in [2.45, 2.75) is 13.3 Å². The van der Waals surface area contributed by atoms with Crippen LogP contribution >= 0.6 is 0 Å². The number of Topliss-reactive ketones (excluding diaryl/α,β-unsaturated/α-hetero) is 2. The summed E-state index contributed by atoms with van der Waals surface area (Å²) in [4.78, 5) is 35.1. The van der Waals surface area contributed by atoms with Gasteiger partial charge in [0.1, 0.15) is 11.5 Å². The summed E-state index contributed by atoms with van der Waals surface area (Å²) in [5, 5.41) is 38.8. The molecule has 4 N–H and O–H groups in total. The van der Waals surface area contributed by atoms with Crippen molar-refractivity contribution in [3.8, 4) is 17.2 Å². The number of hydrogen-bond donors (Lipinski definition) is 4. The Bertz CT molecular complexity index is 713. The number of carbonyl (C=O) groups excluding carboxylic acids is 3. The van der Waals surface area contributed by atoms with Gasteiger partial charge >= 0.3 is 0 Å². The Morgan fingerprint density at radius 3 is 2.19 bits per heavy atom. The Morgan fingerprint density at radius 1 is 1.05 bits per heavy atom. The molecule has 1 aromatic rings. The van der Waals surface area contributed by atoms with Gasteiger partial charge < -0.3 is 20.4 Å². The van der Waals surface area contributed by atoms with Crippen LogP contribution in [0.3, 0.4) is 0 Å². The quantitative estimate of drug-likeness (QED) is 0.463. The molecule has 7 heteroatoms. The molecule has 0 fully saturated rings. The first-order valence-electron chi connectivity index (χ1n) is 5.99. The standard InChI is InChI=1S/C14H12O7/c1-5(16)2-7-12(19)10-9(14(21)13(7)20)8(17)3-6(4-15)11(10)18/h3,15,19-21H,2,4H2,1H3. The van der Waals surface area contributed by atoms with E-state index in [1.807, 2.05) is 0 Å². The minimum atomic E-state index is -0.870.